The first-order chi connectivity index (χ1) is 12.8. The van der Waals surface area contributed by atoms with Crippen LogP contribution in [0.4, 0.5) is 24.5 Å². The SMILES string of the molecule is C[C@H](C(=O)Nc1ccc(C(F)(F)F)cc1)[NH+]1CCN(c2ccccc2)CC1. The molecule has 0 saturated carbocycles. The van der Waals surface area contributed by atoms with E-state index < -0.39 is 11.7 Å². The second-order valence-corrected chi connectivity index (χ2v) is 6.77. The van der Waals surface area contributed by atoms with Gasteiger partial charge in [-0.25, -0.2) is 0 Å². The third-order valence-electron chi connectivity index (χ3n) is 5.01. The second kappa shape index (κ2) is 8.00. The number of hydrogen-bond acceptors (Lipinski definition) is 2. The number of amides is 1. The molecule has 1 fully saturated rings. The Morgan fingerprint density at radius 1 is 1.04 bits per heavy atom. The number of para-hydroxylation sites is 1. The van der Waals surface area contributed by atoms with Gasteiger partial charge in [0, 0.05) is 11.4 Å². The minimum Gasteiger partial charge on any atom is -0.360 e. The van der Waals surface area contributed by atoms with Crippen LogP contribution in [0, 0.1) is 0 Å². The maximum Gasteiger partial charge on any atom is 0.416 e. The quantitative estimate of drug-likeness (QED) is 0.858. The summed E-state index contributed by atoms with van der Waals surface area (Å²) in [5.74, 6) is -0.182. The summed E-state index contributed by atoms with van der Waals surface area (Å²) in [5.41, 5.74) is 0.830. The molecule has 4 nitrogen and oxygen atoms in total. The monoisotopic (exact) mass is 378 g/mol. The van der Waals surface area contributed by atoms with Crippen molar-refractivity contribution in [1.82, 2.24) is 0 Å². The number of rotatable bonds is 4. The van der Waals surface area contributed by atoms with E-state index in [-0.39, 0.29) is 11.9 Å². The van der Waals surface area contributed by atoms with Gasteiger partial charge in [0.1, 0.15) is 0 Å². The summed E-state index contributed by atoms with van der Waals surface area (Å²) in [5, 5.41) is 2.72. The van der Waals surface area contributed by atoms with E-state index >= 15 is 0 Å². The standard InChI is InChI=1S/C20H22F3N3O/c1-15(19(27)24-17-9-7-16(8-10-17)20(21,22)23)25-11-13-26(14-12-25)18-5-3-2-4-6-18/h2-10,15H,11-14H2,1H3,(H,24,27)/p+1/t15-/m1/s1. The average Bonchev–Trinajstić information content (AvgIpc) is 2.68. The Kier molecular flexibility index (Phi) is 5.70. The summed E-state index contributed by atoms with van der Waals surface area (Å²) in [6.45, 7) is 5.23. The minimum absolute atomic E-state index is 0.182. The zero-order valence-corrected chi connectivity index (χ0v) is 15.1. The van der Waals surface area contributed by atoms with Gasteiger partial charge in [-0.15, -0.1) is 0 Å². The van der Waals surface area contributed by atoms with Crippen LogP contribution in [0.25, 0.3) is 0 Å². The first-order valence-electron chi connectivity index (χ1n) is 8.97. The van der Waals surface area contributed by atoms with E-state index in [9.17, 15) is 18.0 Å². The van der Waals surface area contributed by atoms with Crippen molar-refractivity contribution in [1.29, 1.82) is 0 Å². The van der Waals surface area contributed by atoms with Gasteiger partial charge in [0.2, 0.25) is 0 Å². The number of nitrogens with one attached hydrogen (secondary N) is 2. The fourth-order valence-electron chi connectivity index (χ4n) is 3.30. The Morgan fingerprint density at radius 3 is 2.19 bits per heavy atom. The molecule has 0 spiro atoms. The number of anilines is 2. The zero-order valence-electron chi connectivity index (χ0n) is 15.1. The highest BCUT2D eigenvalue weighted by atomic mass is 19.4. The molecule has 1 aliphatic heterocycles. The number of quaternary nitrogens is 1. The van der Waals surface area contributed by atoms with Gasteiger partial charge < -0.3 is 15.1 Å². The number of carbonyl (C=O) groups is 1. The summed E-state index contributed by atoms with van der Waals surface area (Å²) in [7, 11) is 0. The molecule has 1 atom stereocenters. The van der Waals surface area contributed by atoms with Crippen LogP contribution in [0.5, 0.6) is 0 Å². The Morgan fingerprint density at radius 2 is 1.63 bits per heavy atom. The first kappa shape index (κ1) is 19.2. The van der Waals surface area contributed by atoms with Crippen molar-refractivity contribution in [3.63, 3.8) is 0 Å². The van der Waals surface area contributed by atoms with Crippen LogP contribution >= 0.6 is 0 Å². The van der Waals surface area contributed by atoms with Crippen molar-refractivity contribution in [2.75, 3.05) is 36.4 Å². The number of nitrogens with zero attached hydrogens (tertiary/aromatic N) is 1. The molecule has 7 heteroatoms. The molecule has 1 heterocycles. The van der Waals surface area contributed by atoms with Gasteiger partial charge in [-0.2, -0.15) is 13.2 Å². The summed E-state index contributed by atoms with van der Waals surface area (Å²) in [6.07, 6.45) is -4.38. The average molecular weight is 378 g/mol. The molecule has 0 aliphatic carbocycles. The van der Waals surface area contributed by atoms with Crippen molar-refractivity contribution in [2.24, 2.45) is 0 Å². The van der Waals surface area contributed by atoms with Crippen molar-refractivity contribution in [3.05, 3.63) is 60.2 Å². The lowest BCUT2D eigenvalue weighted by Crippen LogP contribution is -3.19. The Labute approximate surface area is 156 Å². The largest absolute Gasteiger partial charge is 0.416 e. The number of carbonyl (C=O) groups excluding carboxylic acids is 1. The number of halogens is 3. The topological polar surface area (TPSA) is 36.8 Å². The van der Waals surface area contributed by atoms with E-state index in [1.165, 1.54) is 22.7 Å². The van der Waals surface area contributed by atoms with E-state index in [0.717, 1.165) is 38.3 Å². The van der Waals surface area contributed by atoms with Crippen molar-refractivity contribution in [3.8, 4) is 0 Å². The smallest absolute Gasteiger partial charge is 0.360 e. The summed E-state index contributed by atoms with van der Waals surface area (Å²) in [6, 6.07) is 14.4. The van der Waals surface area contributed by atoms with Crippen LogP contribution in [0.3, 0.4) is 0 Å². The molecule has 2 N–H and O–H groups in total. The minimum atomic E-state index is -4.38. The van der Waals surface area contributed by atoms with Crippen LogP contribution in [0.15, 0.2) is 54.6 Å². The summed E-state index contributed by atoms with van der Waals surface area (Å²) < 4.78 is 37.8. The fourth-order valence-corrected chi connectivity index (χ4v) is 3.30. The molecule has 0 unspecified atom stereocenters. The predicted molar refractivity (Wildman–Crippen MR) is 98.9 cm³/mol. The highest BCUT2D eigenvalue weighted by molar-refractivity contribution is 5.93. The molecule has 0 aromatic heterocycles. The summed E-state index contributed by atoms with van der Waals surface area (Å²) >= 11 is 0. The fraction of sp³-hybridized carbons (Fsp3) is 0.350. The number of piperazine rings is 1. The molecule has 144 valence electrons. The molecule has 0 radical (unpaired) electrons. The van der Waals surface area contributed by atoms with Gasteiger partial charge in [-0.3, -0.25) is 4.79 Å². The molecule has 1 aliphatic rings. The Bertz CT molecular complexity index is 754. The van der Waals surface area contributed by atoms with Crippen LogP contribution < -0.4 is 15.1 Å². The second-order valence-electron chi connectivity index (χ2n) is 6.77. The van der Waals surface area contributed by atoms with Gasteiger partial charge in [0.05, 0.1) is 31.7 Å². The highest BCUT2D eigenvalue weighted by Gasteiger charge is 2.31. The third kappa shape index (κ3) is 4.80. The lowest BCUT2D eigenvalue weighted by atomic mass is 10.1. The molecule has 27 heavy (non-hydrogen) atoms. The lowest BCUT2D eigenvalue weighted by molar-refractivity contribution is -0.914. The predicted octanol–water partition coefficient (Wildman–Crippen LogP) is 2.44. The van der Waals surface area contributed by atoms with Crippen LogP contribution in [-0.4, -0.2) is 38.1 Å². The van der Waals surface area contributed by atoms with Crippen LogP contribution in [-0.2, 0) is 11.0 Å². The van der Waals surface area contributed by atoms with E-state index in [0.29, 0.717) is 5.69 Å². The van der Waals surface area contributed by atoms with E-state index in [1.54, 1.807) is 0 Å². The maximum absolute atomic E-state index is 12.6. The van der Waals surface area contributed by atoms with Gasteiger partial charge >= 0.3 is 6.18 Å². The summed E-state index contributed by atoms with van der Waals surface area (Å²) in [4.78, 5) is 15.9. The van der Waals surface area contributed by atoms with Crippen molar-refractivity contribution in [2.45, 2.75) is 19.1 Å². The molecule has 2 aromatic carbocycles. The van der Waals surface area contributed by atoms with Crippen molar-refractivity contribution >= 4 is 17.3 Å². The number of alkyl halides is 3. The lowest BCUT2D eigenvalue weighted by Gasteiger charge is -2.36. The van der Waals surface area contributed by atoms with Gasteiger partial charge in [-0.05, 0) is 43.3 Å². The molecule has 0 bridgehead atoms. The van der Waals surface area contributed by atoms with E-state index in [1.807, 2.05) is 25.1 Å². The van der Waals surface area contributed by atoms with Crippen LogP contribution in [0.1, 0.15) is 12.5 Å². The van der Waals surface area contributed by atoms with Crippen LogP contribution in [0.2, 0.25) is 0 Å². The maximum atomic E-state index is 12.6. The first-order valence-corrected chi connectivity index (χ1v) is 8.97. The number of hydrogen-bond donors (Lipinski definition) is 2. The van der Waals surface area contributed by atoms with Gasteiger partial charge in [0.25, 0.3) is 5.91 Å². The zero-order chi connectivity index (χ0) is 19.4. The third-order valence-corrected chi connectivity index (χ3v) is 5.01. The Hall–Kier alpha value is -2.54. The molecular formula is C20H23F3N3O+. The molecule has 1 amide bonds. The van der Waals surface area contributed by atoms with E-state index in [2.05, 4.69) is 22.3 Å². The van der Waals surface area contributed by atoms with Crippen molar-refractivity contribution < 1.29 is 22.9 Å². The highest BCUT2D eigenvalue weighted by Crippen LogP contribution is 2.29. The molecule has 3 rings (SSSR count). The molecule has 2 aromatic rings. The van der Waals surface area contributed by atoms with Gasteiger partial charge in [-0.1, -0.05) is 18.2 Å². The number of benzene rings is 2. The molecule has 1 saturated heterocycles. The Balaban J connectivity index is 1.54. The van der Waals surface area contributed by atoms with E-state index in [4.69, 9.17) is 0 Å². The normalized spacial score (nSPS) is 16.8. The molecular weight excluding hydrogens is 355 g/mol. The van der Waals surface area contributed by atoms with Gasteiger partial charge in [0.15, 0.2) is 6.04 Å².